The molecule has 126 valence electrons. The van der Waals surface area contributed by atoms with Crippen LogP contribution in [0.25, 0.3) is 0 Å². The van der Waals surface area contributed by atoms with Gasteiger partial charge in [0.15, 0.2) is 0 Å². The summed E-state index contributed by atoms with van der Waals surface area (Å²) in [4.78, 5) is 30.1. The number of hydrogen-bond acceptors (Lipinski definition) is 4. The fourth-order valence-corrected chi connectivity index (χ4v) is 5.21. The van der Waals surface area contributed by atoms with Gasteiger partial charge in [0, 0.05) is 29.9 Å². The predicted molar refractivity (Wildman–Crippen MR) is 95.4 cm³/mol. The first-order valence-electron chi connectivity index (χ1n) is 8.29. The lowest BCUT2D eigenvalue weighted by Crippen LogP contribution is -2.44. The van der Waals surface area contributed by atoms with Crippen molar-refractivity contribution < 1.29 is 9.59 Å². The quantitative estimate of drug-likeness (QED) is 0.788. The Kier molecular flexibility index (Phi) is 5.01. The van der Waals surface area contributed by atoms with Gasteiger partial charge in [0.1, 0.15) is 5.37 Å². The van der Waals surface area contributed by atoms with Gasteiger partial charge in [-0.25, -0.2) is 0 Å². The number of carbonyl (C=O) groups excluding carboxylic acids is 2. The van der Waals surface area contributed by atoms with Crippen molar-refractivity contribution in [2.45, 2.75) is 50.3 Å². The lowest BCUT2D eigenvalue weighted by molar-refractivity contribution is -0.136. The van der Waals surface area contributed by atoms with Crippen molar-refractivity contribution in [3.63, 3.8) is 0 Å². The summed E-state index contributed by atoms with van der Waals surface area (Å²) < 4.78 is 0. The number of rotatable bonds is 6. The van der Waals surface area contributed by atoms with E-state index in [9.17, 15) is 9.59 Å². The molecule has 23 heavy (non-hydrogen) atoms. The summed E-state index contributed by atoms with van der Waals surface area (Å²) in [6.07, 6.45) is 2.05. The molecule has 1 saturated carbocycles. The van der Waals surface area contributed by atoms with Crippen molar-refractivity contribution in [3.05, 3.63) is 22.4 Å². The fraction of sp³-hybridized carbons (Fsp3) is 0.647. The Labute approximate surface area is 146 Å². The maximum atomic E-state index is 12.5. The monoisotopic (exact) mass is 352 g/mol. The summed E-state index contributed by atoms with van der Waals surface area (Å²) in [5.74, 6) is 0.684. The van der Waals surface area contributed by atoms with E-state index < -0.39 is 0 Å². The standard InChI is InChI=1S/C17H24N2O2S2/c1-11(2)18(16(21)13-6-7-13)8-9-19-15(20)12(3)23-17(19)14-5-4-10-22-14/h4-5,10-13,17H,6-9H2,1-3H3. The summed E-state index contributed by atoms with van der Waals surface area (Å²) in [5.41, 5.74) is 0. The van der Waals surface area contributed by atoms with Gasteiger partial charge in [-0.2, -0.15) is 0 Å². The molecule has 0 radical (unpaired) electrons. The highest BCUT2D eigenvalue weighted by Gasteiger charge is 2.40. The zero-order valence-corrected chi connectivity index (χ0v) is 15.5. The topological polar surface area (TPSA) is 40.6 Å². The van der Waals surface area contributed by atoms with Gasteiger partial charge in [0.05, 0.1) is 5.25 Å². The minimum atomic E-state index is -0.00580. The van der Waals surface area contributed by atoms with Crippen LogP contribution >= 0.6 is 23.1 Å². The van der Waals surface area contributed by atoms with E-state index in [4.69, 9.17) is 0 Å². The maximum absolute atomic E-state index is 12.5. The predicted octanol–water partition coefficient (Wildman–Crippen LogP) is 3.36. The zero-order valence-electron chi connectivity index (χ0n) is 13.9. The number of hydrogen-bond donors (Lipinski definition) is 0. The van der Waals surface area contributed by atoms with E-state index in [1.165, 1.54) is 4.88 Å². The molecular weight excluding hydrogens is 328 g/mol. The van der Waals surface area contributed by atoms with Crippen molar-refractivity contribution >= 4 is 34.9 Å². The molecule has 2 fully saturated rings. The van der Waals surface area contributed by atoms with E-state index >= 15 is 0 Å². The Bertz CT molecular complexity index is 569. The molecule has 2 heterocycles. The normalized spacial score (nSPS) is 24.5. The average Bonchev–Trinajstić information content (AvgIpc) is 3.15. The highest BCUT2D eigenvalue weighted by Crippen LogP contribution is 2.44. The van der Waals surface area contributed by atoms with Gasteiger partial charge in [-0.15, -0.1) is 23.1 Å². The third-order valence-corrected chi connectivity index (χ3v) is 6.90. The van der Waals surface area contributed by atoms with Crippen molar-refractivity contribution in [1.82, 2.24) is 9.80 Å². The van der Waals surface area contributed by atoms with Gasteiger partial charge in [-0.05, 0) is 45.1 Å². The molecule has 1 saturated heterocycles. The molecule has 2 atom stereocenters. The first-order chi connectivity index (χ1) is 11.0. The molecular formula is C17H24N2O2S2. The smallest absolute Gasteiger partial charge is 0.236 e. The summed E-state index contributed by atoms with van der Waals surface area (Å²) >= 11 is 3.40. The first kappa shape index (κ1) is 16.8. The second kappa shape index (κ2) is 6.85. The van der Waals surface area contributed by atoms with E-state index in [1.54, 1.807) is 23.1 Å². The van der Waals surface area contributed by atoms with E-state index in [0.717, 1.165) is 12.8 Å². The molecule has 2 aliphatic rings. The van der Waals surface area contributed by atoms with Crippen molar-refractivity contribution in [2.24, 2.45) is 5.92 Å². The van der Waals surface area contributed by atoms with Crippen molar-refractivity contribution in [2.75, 3.05) is 13.1 Å². The third-order valence-electron chi connectivity index (χ3n) is 4.45. The molecule has 1 aromatic heterocycles. The molecule has 0 aromatic carbocycles. The highest BCUT2D eigenvalue weighted by molar-refractivity contribution is 8.01. The molecule has 1 aliphatic heterocycles. The second-order valence-electron chi connectivity index (χ2n) is 6.58. The van der Waals surface area contributed by atoms with Crippen LogP contribution in [-0.2, 0) is 9.59 Å². The van der Waals surface area contributed by atoms with Crippen LogP contribution in [0.1, 0.15) is 43.9 Å². The molecule has 4 nitrogen and oxygen atoms in total. The van der Waals surface area contributed by atoms with Crippen molar-refractivity contribution in [1.29, 1.82) is 0 Å². The van der Waals surface area contributed by atoms with Gasteiger partial charge >= 0.3 is 0 Å². The molecule has 0 N–H and O–H groups in total. The Hall–Kier alpha value is -1.01. The Morgan fingerprint density at radius 1 is 1.43 bits per heavy atom. The fourth-order valence-electron chi connectivity index (χ4n) is 2.96. The molecule has 0 bridgehead atoms. The largest absolute Gasteiger partial charge is 0.338 e. The molecule has 3 rings (SSSR count). The number of nitrogens with zero attached hydrogens (tertiary/aromatic N) is 2. The van der Waals surface area contributed by atoms with Crippen LogP contribution in [0.15, 0.2) is 17.5 Å². The summed E-state index contributed by atoms with van der Waals surface area (Å²) in [6, 6.07) is 4.31. The number of amides is 2. The van der Waals surface area contributed by atoms with Gasteiger partial charge < -0.3 is 9.80 Å². The van der Waals surface area contributed by atoms with Crippen molar-refractivity contribution in [3.8, 4) is 0 Å². The summed E-state index contributed by atoms with van der Waals surface area (Å²) in [6.45, 7) is 7.34. The van der Waals surface area contributed by atoms with Crippen LogP contribution in [0.3, 0.4) is 0 Å². The number of thioether (sulfide) groups is 1. The molecule has 1 aliphatic carbocycles. The van der Waals surface area contributed by atoms with Crippen LogP contribution in [0.2, 0.25) is 0 Å². The molecule has 2 unspecified atom stereocenters. The lowest BCUT2D eigenvalue weighted by atomic mass is 10.2. The second-order valence-corrected chi connectivity index (χ2v) is 8.98. The van der Waals surface area contributed by atoms with Gasteiger partial charge in [-0.1, -0.05) is 6.07 Å². The Morgan fingerprint density at radius 2 is 2.17 bits per heavy atom. The highest BCUT2D eigenvalue weighted by atomic mass is 32.2. The average molecular weight is 353 g/mol. The Balaban J connectivity index is 1.68. The summed E-state index contributed by atoms with van der Waals surface area (Å²) in [7, 11) is 0. The van der Waals surface area contributed by atoms with Gasteiger partial charge in [-0.3, -0.25) is 9.59 Å². The van der Waals surface area contributed by atoms with Crippen LogP contribution in [0.5, 0.6) is 0 Å². The zero-order chi connectivity index (χ0) is 16.6. The van der Waals surface area contributed by atoms with Crippen LogP contribution in [0.4, 0.5) is 0 Å². The van der Waals surface area contributed by atoms with Gasteiger partial charge in [0.25, 0.3) is 0 Å². The minimum Gasteiger partial charge on any atom is -0.338 e. The van der Waals surface area contributed by atoms with E-state index in [-0.39, 0.29) is 34.4 Å². The molecule has 2 amide bonds. The SMILES string of the molecule is CC1SC(c2cccs2)N(CCN(C(=O)C2CC2)C(C)C)C1=O. The first-order valence-corrected chi connectivity index (χ1v) is 10.1. The number of thiophene rings is 1. The van der Waals surface area contributed by atoms with E-state index in [2.05, 4.69) is 25.3 Å². The van der Waals surface area contributed by atoms with Crippen LogP contribution in [0, 0.1) is 5.92 Å². The molecule has 1 aromatic rings. The minimum absolute atomic E-state index is 0.00580. The number of carbonyl (C=O) groups is 2. The van der Waals surface area contributed by atoms with Crippen LogP contribution < -0.4 is 0 Å². The third kappa shape index (κ3) is 3.58. The van der Waals surface area contributed by atoms with Gasteiger partial charge in [0.2, 0.25) is 11.8 Å². The molecule has 6 heteroatoms. The molecule has 0 spiro atoms. The summed E-state index contributed by atoms with van der Waals surface area (Å²) in [5, 5.41) is 2.15. The van der Waals surface area contributed by atoms with Crippen LogP contribution in [-0.4, -0.2) is 46.0 Å². The Morgan fingerprint density at radius 3 is 2.74 bits per heavy atom. The lowest BCUT2D eigenvalue weighted by Gasteiger charge is -2.31. The maximum Gasteiger partial charge on any atom is 0.236 e. The van der Waals surface area contributed by atoms with E-state index in [1.807, 2.05) is 22.8 Å². The van der Waals surface area contributed by atoms with E-state index in [0.29, 0.717) is 13.1 Å².